The summed E-state index contributed by atoms with van der Waals surface area (Å²) in [7, 11) is 0. The van der Waals surface area contributed by atoms with Gasteiger partial charge >= 0.3 is 0 Å². The molecule has 0 spiro atoms. The maximum atomic E-state index is 12.8. The van der Waals surface area contributed by atoms with Gasteiger partial charge in [0.15, 0.2) is 0 Å². The Morgan fingerprint density at radius 3 is 2.69 bits per heavy atom. The van der Waals surface area contributed by atoms with Crippen LogP contribution in [0.3, 0.4) is 0 Å². The molecule has 1 saturated heterocycles. The van der Waals surface area contributed by atoms with Crippen LogP contribution in [-0.4, -0.2) is 37.0 Å². The van der Waals surface area contributed by atoms with Crippen molar-refractivity contribution < 1.29 is 9.21 Å². The van der Waals surface area contributed by atoms with Gasteiger partial charge in [0.1, 0.15) is 11.3 Å². The highest BCUT2D eigenvalue weighted by atomic mass is 79.9. The number of hydrogen-bond donors (Lipinski definition) is 2. The molecular weight excluding hydrogens is 466 g/mol. The van der Waals surface area contributed by atoms with E-state index in [9.17, 15) is 4.79 Å². The van der Waals surface area contributed by atoms with Gasteiger partial charge in [0.2, 0.25) is 0 Å². The van der Waals surface area contributed by atoms with Gasteiger partial charge in [0.05, 0.1) is 5.69 Å². The largest absolute Gasteiger partial charge is 0.456 e. The fraction of sp³-hybridized carbons (Fsp3) is 0.192. The van der Waals surface area contributed by atoms with E-state index >= 15 is 0 Å². The molecule has 0 bridgehead atoms. The van der Waals surface area contributed by atoms with Crippen molar-refractivity contribution in [2.24, 2.45) is 0 Å². The highest BCUT2D eigenvalue weighted by Crippen LogP contribution is 2.33. The molecule has 4 aromatic rings. The van der Waals surface area contributed by atoms with Crippen molar-refractivity contribution in [2.75, 3.05) is 31.5 Å². The summed E-state index contributed by atoms with van der Waals surface area (Å²) in [5, 5.41) is 7.49. The second-order valence-electron chi connectivity index (χ2n) is 8.02. The normalized spacial score (nSPS) is 14.5. The van der Waals surface area contributed by atoms with Crippen LogP contribution in [0.2, 0.25) is 0 Å². The van der Waals surface area contributed by atoms with E-state index in [2.05, 4.69) is 49.7 Å². The number of carbonyl (C=O) groups is 1. The first-order valence-corrected chi connectivity index (χ1v) is 11.6. The summed E-state index contributed by atoms with van der Waals surface area (Å²) in [6.45, 7) is 5.16. The van der Waals surface area contributed by atoms with E-state index in [1.165, 1.54) is 5.56 Å². The first-order valence-electron chi connectivity index (χ1n) is 10.8. The quantitative estimate of drug-likeness (QED) is 0.387. The number of benzene rings is 3. The Kier molecular flexibility index (Phi) is 6.08. The van der Waals surface area contributed by atoms with E-state index < -0.39 is 0 Å². The van der Waals surface area contributed by atoms with Gasteiger partial charge in [0, 0.05) is 53.7 Å². The highest BCUT2D eigenvalue weighted by Gasteiger charge is 2.15. The number of nitrogens with zero attached hydrogens (tertiary/aromatic N) is 1. The van der Waals surface area contributed by atoms with Crippen LogP contribution in [0.4, 0.5) is 5.69 Å². The van der Waals surface area contributed by atoms with Crippen molar-refractivity contribution in [3.63, 3.8) is 0 Å². The Morgan fingerprint density at radius 2 is 1.84 bits per heavy atom. The monoisotopic (exact) mass is 489 g/mol. The molecule has 1 amide bonds. The van der Waals surface area contributed by atoms with Crippen LogP contribution in [0.1, 0.15) is 15.9 Å². The zero-order valence-electron chi connectivity index (χ0n) is 17.6. The first-order chi connectivity index (χ1) is 15.7. The van der Waals surface area contributed by atoms with E-state index in [4.69, 9.17) is 4.42 Å². The molecule has 1 aliphatic rings. The molecule has 1 aromatic heterocycles. The van der Waals surface area contributed by atoms with Gasteiger partial charge in [-0.3, -0.25) is 9.69 Å². The van der Waals surface area contributed by atoms with Crippen LogP contribution >= 0.6 is 15.9 Å². The van der Waals surface area contributed by atoms with E-state index in [1.807, 2.05) is 42.5 Å². The van der Waals surface area contributed by atoms with E-state index in [-0.39, 0.29) is 5.91 Å². The lowest BCUT2D eigenvalue weighted by Crippen LogP contribution is -2.42. The predicted octanol–water partition coefficient (Wildman–Crippen LogP) is 5.52. The number of carbonyl (C=O) groups excluding carboxylic acids is 1. The molecule has 0 unspecified atom stereocenters. The summed E-state index contributed by atoms with van der Waals surface area (Å²) in [5.41, 5.74) is 4.30. The molecule has 162 valence electrons. The van der Waals surface area contributed by atoms with Gasteiger partial charge in [-0.05, 0) is 54.1 Å². The summed E-state index contributed by atoms with van der Waals surface area (Å²) >= 11 is 3.42. The molecule has 5 nitrogen and oxygen atoms in total. The second-order valence-corrected chi connectivity index (χ2v) is 8.93. The van der Waals surface area contributed by atoms with Gasteiger partial charge in [-0.15, -0.1) is 0 Å². The van der Waals surface area contributed by atoms with E-state index in [0.29, 0.717) is 5.56 Å². The second kappa shape index (κ2) is 9.28. The fourth-order valence-electron chi connectivity index (χ4n) is 4.08. The zero-order valence-corrected chi connectivity index (χ0v) is 19.2. The number of para-hydroxylation sites is 1. The van der Waals surface area contributed by atoms with Crippen molar-refractivity contribution in [3.8, 4) is 11.3 Å². The summed E-state index contributed by atoms with van der Waals surface area (Å²) < 4.78 is 7.03. The third kappa shape index (κ3) is 4.63. The minimum absolute atomic E-state index is 0.159. The Balaban J connectivity index is 1.40. The lowest BCUT2D eigenvalue weighted by atomic mass is 10.1. The Morgan fingerprint density at radius 1 is 1.00 bits per heavy atom. The van der Waals surface area contributed by atoms with Crippen molar-refractivity contribution in [3.05, 3.63) is 88.4 Å². The number of furan rings is 1. The number of anilines is 1. The van der Waals surface area contributed by atoms with Crippen LogP contribution in [0.25, 0.3) is 22.3 Å². The van der Waals surface area contributed by atoms with Crippen LogP contribution in [0, 0.1) is 0 Å². The van der Waals surface area contributed by atoms with Crippen molar-refractivity contribution in [1.82, 2.24) is 10.2 Å². The number of hydrogen-bond acceptors (Lipinski definition) is 4. The van der Waals surface area contributed by atoms with Crippen molar-refractivity contribution in [2.45, 2.75) is 6.54 Å². The minimum Gasteiger partial charge on any atom is -0.456 e. The maximum Gasteiger partial charge on any atom is 0.255 e. The molecule has 5 rings (SSSR count). The Bertz CT molecular complexity index is 1260. The molecule has 0 radical (unpaired) electrons. The average molecular weight is 490 g/mol. The highest BCUT2D eigenvalue weighted by molar-refractivity contribution is 9.10. The Labute approximate surface area is 195 Å². The van der Waals surface area contributed by atoms with Gasteiger partial charge in [-0.1, -0.05) is 40.2 Å². The topological polar surface area (TPSA) is 57.5 Å². The summed E-state index contributed by atoms with van der Waals surface area (Å²) in [6, 6.07) is 23.5. The van der Waals surface area contributed by atoms with Gasteiger partial charge in [-0.25, -0.2) is 0 Å². The van der Waals surface area contributed by atoms with Crippen LogP contribution < -0.4 is 10.6 Å². The molecular formula is C26H24BrN3O2. The molecule has 1 aliphatic heterocycles. The van der Waals surface area contributed by atoms with Gasteiger partial charge in [-0.2, -0.15) is 0 Å². The maximum absolute atomic E-state index is 12.8. The molecule has 0 atom stereocenters. The average Bonchev–Trinajstić information content (AvgIpc) is 3.23. The third-order valence-electron chi connectivity index (χ3n) is 5.72. The van der Waals surface area contributed by atoms with Crippen LogP contribution in [0.5, 0.6) is 0 Å². The van der Waals surface area contributed by atoms with E-state index in [1.54, 1.807) is 12.1 Å². The first kappa shape index (κ1) is 20.9. The van der Waals surface area contributed by atoms with Gasteiger partial charge < -0.3 is 15.1 Å². The number of fused-ring (bicyclic) bond motifs is 1. The molecule has 0 aliphatic carbocycles. The number of halogens is 1. The predicted molar refractivity (Wildman–Crippen MR) is 132 cm³/mol. The third-order valence-corrected chi connectivity index (χ3v) is 6.22. The van der Waals surface area contributed by atoms with Crippen LogP contribution in [-0.2, 0) is 6.54 Å². The van der Waals surface area contributed by atoms with Crippen LogP contribution in [0.15, 0.2) is 81.7 Å². The summed E-state index contributed by atoms with van der Waals surface area (Å²) in [5.74, 6) is 0.581. The molecule has 2 N–H and O–H groups in total. The summed E-state index contributed by atoms with van der Waals surface area (Å²) in [6.07, 6.45) is 0. The summed E-state index contributed by atoms with van der Waals surface area (Å²) in [4.78, 5) is 15.2. The SMILES string of the molecule is O=C(Nc1ccccc1-c1cc2cc(CN3CCNCC3)ccc2o1)c1cccc(Br)c1. The molecule has 3 aromatic carbocycles. The van der Waals surface area contributed by atoms with E-state index in [0.717, 1.165) is 65.2 Å². The molecule has 1 fully saturated rings. The Hall–Kier alpha value is -2.93. The van der Waals surface area contributed by atoms with Crippen molar-refractivity contribution in [1.29, 1.82) is 0 Å². The molecule has 32 heavy (non-hydrogen) atoms. The number of piperazine rings is 1. The molecule has 2 heterocycles. The lowest BCUT2D eigenvalue weighted by molar-refractivity contribution is 0.102. The van der Waals surface area contributed by atoms with Gasteiger partial charge in [0.25, 0.3) is 5.91 Å². The standard InChI is InChI=1S/C26H24BrN3O2/c27-21-5-3-4-19(15-21)26(31)29-23-7-2-1-6-22(23)25-16-20-14-18(8-9-24(20)32-25)17-30-12-10-28-11-13-30/h1-9,14-16,28H,10-13,17H2,(H,29,31). The number of amides is 1. The molecule has 0 saturated carbocycles. The smallest absolute Gasteiger partial charge is 0.255 e. The number of nitrogens with one attached hydrogen (secondary N) is 2. The fourth-order valence-corrected chi connectivity index (χ4v) is 4.48. The lowest BCUT2D eigenvalue weighted by Gasteiger charge is -2.27. The number of rotatable bonds is 5. The van der Waals surface area contributed by atoms with Crippen molar-refractivity contribution >= 4 is 38.5 Å². The minimum atomic E-state index is -0.159. The zero-order chi connectivity index (χ0) is 21.9. The molecule has 6 heteroatoms.